The van der Waals surface area contributed by atoms with E-state index in [4.69, 9.17) is 4.74 Å². The molecule has 140 valence electrons. The molecule has 28 heavy (non-hydrogen) atoms. The first-order chi connectivity index (χ1) is 13.6. The van der Waals surface area contributed by atoms with Gasteiger partial charge in [-0.25, -0.2) is 14.2 Å². The van der Waals surface area contributed by atoms with E-state index in [0.717, 1.165) is 0 Å². The lowest BCUT2D eigenvalue weighted by atomic mass is 10.2. The van der Waals surface area contributed by atoms with Crippen LogP contribution < -0.4 is 15.7 Å². The van der Waals surface area contributed by atoms with E-state index in [9.17, 15) is 14.0 Å². The first kappa shape index (κ1) is 17.5. The molecule has 7 nitrogen and oxygen atoms in total. The lowest BCUT2D eigenvalue weighted by Gasteiger charge is -2.11. The summed E-state index contributed by atoms with van der Waals surface area (Å²) in [5.74, 6) is -0.574. The lowest BCUT2D eigenvalue weighted by Crippen LogP contribution is -2.23. The monoisotopic (exact) mass is 378 g/mol. The highest BCUT2D eigenvalue weighted by Gasteiger charge is 2.12. The van der Waals surface area contributed by atoms with Crippen molar-refractivity contribution in [1.82, 2.24) is 20.3 Å². The average Bonchev–Trinajstić information content (AvgIpc) is 3.08. The molecule has 0 unspecified atom stereocenters. The topological polar surface area (TPSA) is 99.9 Å². The minimum atomic E-state index is -0.503. The second kappa shape index (κ2) is 7.36. The third kappa shape index (κ3) is 3.61. The number of rotatable bonds is 5. The third-order valence-electron chi connectivity index (χ3n) is 4.11. The molecule has 0 bridgehead atoms. The van der Waals surface area contributed by atoms with Crippen LogP contribution in [0.5, 0.6) is 11.6 Å². The normalized spacial score (nSPS) is 10.8. The Morgan fingerprint density at radius 3 is 2.75 bits per heavy atom. The van der Waals surface area contributed by atoms with Gasteiger partial charge in [-0.3, -0.25) is 4.79 Å². The predicted octanol–water partition coefficient (Wildman–Crippen LogP) is 3.11. The van der Waals surface area contributed by atoms with Crippen LogP contribution in [-0.4, -0.2) is 20.9 Å². The van der Waals surface area contributed by atoms with Crippen molar-refractivity contribution in [2.24, 2.45) is 0 Å². The molecule has 0 atom stereocenters. The number of ether oxygens (including phenoxy) is 1. The summed E-state index contributed by atoms with van der Waals surface area (Å²) in [4.78, 5) is 33.1. The van der Waals surface area contributed by atoms with Crippen LogP contribution >= 0.6 is 0 Å². The highest BCUT2D eigenvalue weighted by Crippen LogP contribution is 2.25. The second-order valence-electron chi connectivity index (χ2n) is 6.02. The quantitative estimate of drug-likeness (QED) is 0.497. The van der Waals surface area contributed by atoms with E-state index in [-0.39, 0.29) is 29.8 Å². The van der Waals surface area contributed by atoms with Gasteiger partial charge in [0.2, 0.25) is 5.88 Å². The summed E-state index contributed by atoms with van der Waals surface area (Å²) in [7, 11) is 0. The number of fused-ring (bicyclic) bond motifs is 1. The molecular weight excluding hydrogens is 363 g/mol. The molecule has 4 aromatic rings. The predicted molar refractivity (Wildman–Crippen MR) is 101 cm³/mol. The third-order valence-corrected chi connectivity index (χ3v) is 4.11. The van der Waals surface area contributed by atoms with Crippen LogP contribution in [-0.2, 0) is 6.54 Å². The standard InChI is InChI=1S/C20H15FN4O3/c21-14-5-1-2-6-17(14)28-19-13(4-3-9-22-19)11-23-18(26)12-7-8-15-16(10-12)25-20(27)24-15/h1-10H,11H2,(H,23,26)(H2,24,25,27). The number of hydrogen-bond acceptors (Lipinski definition) is 4. The molecule has 0 saturated carbocycles. The molecule has 0 fully saturated rings. The molecule has 8 heteroatoms. The summed E-state index contributed by atoms with van der Waals surface area (Å²) >= 11 is 0. The molecule has 0 spiro atoms. The zero-order valence-electron chi connectivity index (χ0n) is 14.5. The van der Waals surface area contributed by atoms with Crippen LogP contribution in [0.4, 0.5) is 4.39 Å². The zero-order chi connectivity index (χ0) is 19.5. The molecule has 2 heterocycles. The lowest BCUT2D eigenvalue weighted by molar-refractivity contribution is 0.0951. The van der Waals surface area contributed by atoms with Gasteiger partial charge in [-0.2, -0.15) is 0 Å². The van der Waals surface area contributed by atoms with Crippen molar-refractivity contribution in [2.45, 2.75) is 6.54 Å². The Hall–Kier alpha value is -3.94. The fourth-order valence-corrected chi connectivity index (χ4v) is 2.73. The molecule has 0 aliphatic rings. The Bertz CT molecular complexity index is 1220. The number of pyridine rings is 1. The molecule has 0 aliphatic heterocycles. The van der Waals surface area contributed by atoms with Crippen LogP contribution in [0.15, 0.2) is 65.6 Å². The summed E-state index contributed by atoms with van der Waals surface area (Å²) in [6, 6.07) is 14.3. The number of halogens is 1. The van der Waals surface area contributed by atoms with E-state index in [1.54, 1.807) is 42.5 Å². The number of nitrogens with one attached hydrogen (secondary N) is 3. The summed E-state index contributed by atoms with van der Waals surface area (Å²) in [6.07, 6.45) is 1.53. The zero-order valence-corrected chi connectivity index (χ0v) is 14.5. The maximum Gasteiger partial charge on any atom is 0.323 e. The van der Waals surface area contributed by atoms with E-state index in [2.05, 4.69) is 20.3 Å². The van der Waals surface area contributed by atoms with Crippen molar-refractivity contribution < 1.29 is 13.9 Å². The molecule has 2 aromatic heterocycles. The van der Waals surface area contributed by atoms with Crippen LogP contribution in [0.25, 0.3) is 11.0 Å². The van der Waals surface area contributed by atoms with E-state index >= 15 is 0 Å². The smallest absolute Gasteiger partial charge is 0.323 e. The van der Waals surface area contributed by atoms with Gasteiger partial charge in [-0.05, 0) is 36.4 Å². The number of H-pyrrole nitrogens is 2. The second-order valence-corrected chi connectivity index (χ2v) is 6.02. The largest absolute Gasteiger partial charge is 0.436 e. The summed E-state index contributed by atoms with van der Waals surface area (Å²) < 4.78 is 19.4. The van der Waals surface area contributed by atoms with Crippen molar-refractivity contribution in [2.75, 3.05) is 0 Å². The van der Waals surface area contributed by atoms with Gasteiger partial charge in [-0.1, -0.05) is 18.2 Å². The van der Waals surface area contributed by atoms with Crippen LogP contribution in [0.1, 0.15) is 15.9 Å². The van der Waals surface area contributed by atoms with Crippen molar-refractivity contribution in [3.8, 4) is 11.6 Å². The van der Waals surface area contributed by atoms with Gasteiger partial charge in [0.1, 0.15) is 0 Å². The minimum absolute atomic E-state index is 0.0515. The van der Waals surface area contributed by atoms with Crippen LogP contribution in [0.2, 0.25) is 0 Å². The fourth-order valence-electron chi connectivity index (χ4n) is 2.73. The van der Waals surface area contributed by atoms with Crippen molar-refractivity contribution >= 4 is 16.9 Å². The number of nitrogens with zero attached hydrogens (tertiary/aromatic N) is 1. The maximum absolute atomic E-state index is 13.8. The molecule has 3 N–H and O–H groups in total. The number of aromatic amines is 2. The van der Waals surface area contributed by atoms with Gasteiger partial charge >= 0.3 is 5.69 Å². The first-order valence-electron chi connectivity index (χ1n) is 8.47. The number of hydrogen-bond donors (Lipinski definition) is 3. The number of aromatic nitrogens is 3. The molecule has 0 radical (unpaired) electrons. The van der Waals surface area contributed by atoms with Gasteiger partial charge < -0.3 is 20.0 Å². The number of imidazole rings is 1. The Labute approximate surface area is 158 Å². The minimum Gasteiger partial charge on any atom is -0.436 e. The fraction of sp³-hybridized carbons (Fsp3) is 0.0500. The highest BCUT2D eigenvalue weighted by atomic mass is 19.1. The van der Waals surface area contributed by atoms with E-state index in [1.807, 2.05) is 0 Å². The summed E-state index contributed by atoms with van der Waals surface area (Å²) in [6.45, 7) is 0.137. The number of carbonyl (C=O) groups is 1. The van der Waals surface area contributed by atoms with E-state index in [0.29, 0.717) is 22.2 Å². The van der Waals surface area contributed by atoms with Crippen LogP contribution in [0, 0.1) is 5.82 Å². The summed E-state index contributed by atoms with van der Waals surface area (Å²) in [5.41, 5.74) is 1.81. The van der Waals surface area contributed by atoms with Gasteiger partial charge in [-0.15, -0.1) is 0 Å². The first-order valence-corrected chi connectivity index (χ1v) is 8.47. The number of amides is 1. The molecular formula is C20H15FN4O3. The maximum atomic E-state index is 13.8. The van der Waals surface area contributed by atoms with E-state index < -0.39 is 5.82 Å². The van der Waals surface area contributed by atoms with Gasteiger partial charge in [0.05, 0.1) is 11.0 Å². The number of para-hydroxylation sites is 1. The molecule has 2 aromatic carbocycles. The van der Waals surface area contributed by atoms with E-state index in [1.165, 1.54) is 18.3 Å². The van der Waals surface area contributed by atoms with Gasteiger partial charge in [0.15, 0.2) is 11.6 Å². The molecule has 0 aliphatic carbocycles. The van der Waals surface area contributed by atoms with Gasteiger partial charge in [0, 0.05) is 23.9 Å². The Morgan fingerprint density at radius 2 is 1.89 bits per heavy atom. The van der Waals surface area contributed by atoms with Gasteiger partial charge in [0.25, 0.3) is 5.91 Å². The Kier molecular flexibility index (Phi) is 4.59. The molecule has 4 rings (SSSR count). The van der Waals surface area contributed by atoms with Crippen molar-refractivity contribution in [1.29, 1.82) is 0 Å². The van der Waals surface area contributed by atoms with Crippen LogP contribution in [0.3, 0.4) is 0 Å². The average molecular weight is 378 g/mol. The SMILES string of the molecule is O=C(NCc1cccnc1Oc1ccccc1F)c1ccc2[nH]c(=O)[nH]c2c1. The van der Waals surface area contributed by atoms with Crippen molar-refractivity contribution in [3.63, 3.8) is 0 Å². The number of benzene rings is 2. The molecule has 1 amide bonds. The van der Waals surface area contributed by atoms with Crippen molar-refractivity contribution in [3.05, 3.63) is 88.2 Å². The molecule has 0 saturated heterocycles. The summed E-state index contributed by atoms with van der Waals surface area (Å²) in [5, 5.41) is 2.77. The Morgan fingerprint density at radius 1 is 1.07 bits per heavy atom. The Balaban J connectivity index is 1.50. The number of carbonyl (C=O) groups excluding carboxylic acids is 1. The highest BCUT2D eigenvalue weighted by molar-refractivity contribution is 5.97.